The van der Waals surface area contributed by atoms with E-state index in [2.05, 4.69) is 26.6 Å². The SMILES string of the molecule is O=C(CNC(=O)c1ccc(Br)cc1)NCC(O)C1CC1. The molecule has 2 rings (SSSR count). The third-order valence-electron chi connectivity index (χ3n) is 3.19. The minimum Gasteiger partial charge on any atom is -0.391 e. The highest BCUT2D eigenvalue weighted by molar-refractivity contribution is 9.10. The number of carbonyl (C=O) groups excluding carboxylic acids is 2. The number of hydrogen-bond donors (Lipinski definition) is 3. The van der Waals surface area contributed by atoms with Gasteiger partial charge in [-0.25, -0.2) is 0 Å². The Bertz CT molecular complexity index is 486. The molecule has 1 fully saturated rings. The largest absolute Gasteiger partial charge is 0.391 e. The minimum absolute atomic E-state index is 0.0910. The molecule has 0 aliphatic heterocycles. The number of halogens is 1. The summed E-state index contributed by atoms with van der Waals surface area (Å²) in [5, 5.41) is 14.8. The smallest absolute Gasteiger partial charge is 0.251 e. The van der Waals surface area contributed by atoms with Crippen LogP contribution in [0.2, 0.25) is 0 Å². The van der Waals surface area contributed by atoms with Crippen LogP contribution in [0.15, 0.2) is 28.7 Å². The van der Waals surface area contributed by atoms with Gasteiger partial charge in [-0.15, -0.1) is 0 Å². The van der Waals surface area contributed by atoms with E-state index in [-0.39, 0.29) is 24.9 Å². The molecule has 1 saturated carbocycles. The lowest BCUT2D eigenvalue weighted by Gasteiger charge is -2.11. The second-order valence-electron chi connectivity index (χ2n) is 4.90. The van der Waals surface area contributed by atoms with E-state index in [4.69, 9.17) is 0 Å². The molecule has 0 radical (unpaired) electrons. The van der Waals surface area contributed by atoms with Gasteiger partial charge >= 0.3 is 0 Å². The molecule has 0 spiro atoms. The molecule has 6 heteroatoms. The second kappa shape index (κ2) is 6.85. The van der Waals surface area contributed by atoms with Crippen molar-refractivity contribution in [3.8, 4) is 0 Å². The van der Waals surface area contributed by atoms with Gasteiger partial charge in [-0.2, -0.15) is 0 Å². The van der Waals surface area contributed by atoms with Crippen LogP contribution in [0.1, 0.15) is 23.2 Å². The molecule has 1 atom stereocenters. The predicted octanol–water partition coefficient (Wildman–Crippen LogP) is 1.07. The third kappa shape index (κ3) is 4.61. The average Bonchev–Trinajstić information content (AvgIpc) is 3.27. The lowest BCUT2D eigenvalue weighted by atomic mass is 10.2. The Hall–Kier alpha value is -1.40. The van der Waals surface area contributed by atoms with Crippen LogP contribution >= 0.6 is 15.9 Å². The van der Waals surface area contributed by atoms with Crippen molar-refractivity contribution in [1.82, 2.24) is 10.6 Å². The standard InChI is InChI=1S/C14H17BrN2O3/c15-11-5-3-10(4-6-11)14(20)17-8-13(19)16-7-12(18)9-1-2-9/h3-6,9,12,18H,1-2,7-8H2,(H,16,19)(H,17,20). The van der Waals surface area contributed by atoms with Gasteiger partial charge in [-0.3, -0.25) is 9.59 Å². The van der Waals surface area contributed by atoms with Gasteiger partial charge in [0.15, 0.2) is 0 Å². The first-order chi connectivity index (χ1) is 9.56. The predicted molar refractivity (Wildman–Crippen MR) is 78.2 cm³/mol. The number of aliphatic hydroxyl groups is 1. The summed E-state index contributed by atoms with van der Waals surface area (Å²) >= 11 is 3.29. The molecule has 0 heterocycles. The molecule has 1 unspecified atom stereocenters. The van der Waals surface area contributed by atoms with Crippen molar-refractivity contribution in [1.29, 1.82) is 0 Å². The number of benzene rings is 1. The van der Waals surface area contributed by atoms with Gasteiger partial charge in [-0.1, -0.05) is 15.9 Å². The van der Waals surface area contributed by atoms with Gasteiger partial charge in [0, 0.05) is 16.6 Å². The first-order valence-corrected chi connectivity index (χ1v) is 7.34. The molecule has 0 aromatic heterocycles. The van der Waals surface area contributed by atoms with Gasteiger partial charge in [0.05, 0.1) is 12.6 Å². The molecule has 3 N–H and O–H groups in total. The lowest BCUT2D eigenvalue weighted by Crippen LogP contribution is -2.40. The number of aliphatic hydroxyl groups excluding tert-OH is 1. The molecule has 108 valence electrons. The number of amides is 2. The molecule has 1 aromatic carbocycles. The quantitative estimate of drug-likeness (QED) is 0.724. The van der Waals surface area contributed by atoms with Gasteiger partial charge in [0.2, 0.25) is 5.91 Å². The van der Waals surface area contributed by atoms with Crippen LogP contribution in [0.5, 0.6) is 0 Å². The molecule has 20 heavy (non-hydrogen) atoms. The Morgan fingerprint density at radius 2 is 1.90 bits per heavy atom. The molecule has 1 aliphatic carbocycles. The Morgan fingerprint density at radius 3 is 2.50 bits per heavy atom. The maximum absolute atomic E-state index is 11.8. The highest BCUT2D eigenvalue weighted by Gasteiger charge is 2.29. The van der Waals surface area contributed by atoms with Crippen molar-refractivity contribution in [3.63, 3.8) is 0 Å². The highest BCUT2D eigenvalue weighted by Crippen LogP contribution is 2.32. The van der Waals surface area contributed by atoms with Crippen LogP contribution in [-0.2, 0) is 4.79 Å². The molecule has 5 nitrogen and oxygen atoms in total. The summed E-state index contributed by atoms with van der Waals surface area (Å²) in [6, 6.07) is 6.88. The summed E-state index contributed by atoms with van der Waals surface area (Å²) in [7, 11) is 0. The van der Waals surface area contributed by atoms with Crippen LogP contribution in [0.25, 0.3) is 0 Å². The monoisotopic (exact) mass is 340 g/mol. The summed E-state index contributed by atoms with van der Waals surface area (Å²) in [5.74, 6) is -0.266. The van der Waals surface area contributed by atoms with Crippen molar-refractivity contribution in [3.05, 3.63) is 34.3 Å². The van der Waals surface area contributed by atoms with Crippen LogP contribution < -0.4 is 10.6 Å². The van der Waals surface area contributed by atoms with Gasteiger partial charge in [0.25, 0.3) is 5.91 Å². The Balaban J connectivity index is 1.69. The summed E-state index contributed by atoms with van der Waals surface area (Å²) in [6.07, 6.45) is 1.58. The van der Waals surface area contributed by atoms with E-state index in [1.807, 2.05) is 0 Å². The number of carbonyl (C=O) groups is 2. The normalized spacial score (nSPS) is 15.5. The lowest BCUT2D eigenvalue weighted by molar-refractivity contribution is -0.120. The van der Waals surface area contributed by atoms with Gasteiger partial charge in [-0.05, 0) is 43.0 Å². The van der Waals surface area contributed by atoms with Crippen molar-refractivity contribution in [2.45, 2.75) is 18.9 Å². The van der Waals surface area contributed by atoms with E-state index in [0.29, 0.717) is 11.5 Å². The molecule has 1 aromatic rings. The van der Waals surface area contributed by atoms with Crippen LogP contribution in [0.4, 0.5) is 0 Å². The topological polar surface area (TPSA) is 78.4 Å². The van der Waals surface area contributed by atoms with Crippen molar-refractivity contribution >= 4 is 27.7 Å². The minimum atomic E-state index is -0.471. The molecule has 1 aliphatic rings. The summed E-state index contributed by atoms with van der Waals surface area (Å²) in [5.41, 5.74) is 0.499. The zero-order valence-electron chi connectivity index (χ0n) is 10.9. The van der Waals surface area contributed by atoms with Crippen molar-refractivity contribution in [2.75, 3.05) is 13.1 Å². The van der Waals surface area contributed by atoms with E-state index in [9.17, 15) is 14.7 Å². The molecule has 2 amide bonds. The zero-order valence-corrected chi connectivity index (χ0v) is 12.5. The summed E-state index contributed by atoms with van der Waals surface area (Å²) in [6.45, 7) is 0.157. The molecular formula is C14H17BrN2O3. The summed E-state index contributed by atoms with van der Waals surface area (Å²) < 4.78 is 0.890. The van der Waals surface area contributed by atoms with E-state index in [0.717, 1.165) is 17.3 Å². The van der Waals surface area contributed by atoms with E-state index in [1.165, 1.54) is 0 Å². The summed E-state index contributed by atoms with van der Waals surface area (Å²) in [4.78, 5) is 23.3. The fourth-order valence-electron chi connectivity index (χ4n) is 1.79. The highest BCUT2D eigenvalue weighted by atomic mass is 79.9. The zero-order chi connectivity index (χ0) is 14.5. The van der Waals surface area contributed by atoms with E-state index >= 15 is 0 Å². The van der Waals surface area contributed by atoms with Crippen molar-refractivity contribution < 1.29 is 14.7 Å². The van der Waals surface area contributed by atoms with Crippen LogP contribution in [0.3, 0.4) is 0 Å². The van der Waals surface area contributed by atoms with Crippen LogP contribution in [-0.4, -0.2) is 36.1 Å². The fourth-order valence-corrected chi connectivity index (χ4v) is 2.06. The third-order valence-corrected chi connectivity index (χ3v) is 3.72. The first-order valence-electron chi connectivity index (χ1n) is 6.55. The fraction of sp³-hybridized carbons (Fsp3) is 0.429. The average molecular weight is 341 g/mol. The Morgan fingerprint density at radius 1 is 1.25 bits per heavy atom. The number of rotatable bonds is 6. The molecule has 0 bridgehead atoms. The molecular weight excluding hydrogens is 324 g/mol. The first kappa shape index (κ1) is 15.0. The Labute approximate surface area is 125 Å². The second-order valence-corrected chi connectivity index (χ2v) is 5.81. The number of hydrogen-bond acceptors (Lipinski definition) is 3. The van der Waals surface area contributed by atoms with E-state index < -0.39 is 6.10 Å². The van der Waals surface area contributed by atoms with Gasteiger partial charge in [0.1, 0.15) is 0 Å². The van der Waals surface area contributed by atoms with E-state index in [1.54, 1.807) is 24.3 Å². The van der Waals surface area contributed by atoms with Crippen LogP contribution in [0, 0.1) is 5.92 Å². The maximum Gasteiger partial charge on any atom is 0.251 e. The van der Waals surface area contributed by atoms with Crippen molar-refractivity contribution in [2.24, 2.45) is 5.92 Å². The molecule has 0 saturated heterocycles. The maximum atomic E-state index is 11.8. The van der Waals surface area contributed by atoms with Gasteiger partial charge < -0.3 is 15.7 Å². The Kier molecular flexibility index (Phi) is 5.14. The number of nitrogens with one attached hydrogen (secondary N) is 2.